The molecule has 0 saturated carbocycles. The summed E-state index contributed by atoms with van der Waals surface area (Å²) in [7, 11) is 0. The first-order valence-corrected chi connectivity index (χ1v) is 11.0. The van der Waals surface area contributed by atoms with E-state index in [2.05, 4.69) is 31.2 Å². The topological polar surface area (TPSA) is 114 Å². The summed E-state index contributed by atoms with van der Waals surface area (Å²) in [5.41, 5.74) is -0.0714. The Bertz CT molecular complexity index is 926. The Morgan fingerprint density at radius 1 is 1.29 bits per heavy atom. The number of aliphatic hydroxyl groups is 3. The molecule has 3 aromatic rings. The van der Waals surface area contributed by atoms with Crippen LogP contribution in [-0.2, 0) is 4.74 Å². The minimum absolute atomic E-state index is 0.384. The van der Waals surface area contributed by atoms with Gasteiger partial charge in [-0.1, -0.05) is 23.0 Å². The van der Waals surface area contributed by atoms with Crippen molar-refractivity contribution in [2.45, 2.75) is 34.7 Å². The molecule has 1 fully saturated rings. The summed E-state index contributed by atoms with van der Waals surface area (Å²) in [5.74, 6) is 0. The summed E-state index contributed by atoms with van der Waals surface area (Å²) in [6.07, 6.45) is 1.91. The molecule has 4 rings (SSSR count). The molecule has 11 heteroatoms. The zero-order valence-corrected chi connectivity index (χ0v) is 17.6. The second kappa shape index (κ2) is 8.57. The van der Waals surface area contributed by atoms with E-state index in [1.807, 2.05) is 23.6 Å². The van der Waals surface area contributed by atoms with Crippen LogP contribution < -0.4 is 0 Å². The van der Waals surface area contributed by atoms with Crippen molar-refractivity contribution >= 4 is 39.0 Å². The van der Waals surface area contributed by atoms with Gasteiger partial charge in [-0.15, -0.1) is 16.4 Å². The first-order valence-electron chi connectivity index (χ1n) is 8.42. The van der Waals surface area contributed by atoms with Gasteiger partial charge in [-0.2, -0.15) is 0 Å². The quantitative estimate of drug-likeness (QED) is 0.503. The van der Waals surface area contributed by atoms with Gasteiger partial charge < -0.3 is 20.1 Å². The van der Waals surface area contributed by atoms with E-state index in [4.69, 9.17) is 4.74 Å². The number of pyridine rings is 1. The molecular weight excluding hydrogens is 468 g/mol. The van der Waals surface area contributed by atoms with E-state index in [0.29, 0.717) is 5.69 Å². The van der Waals surface area contributed by atoms with Crippen LogP contribution >= 0.6 is 39.0 Å². The largest absolute Gasteiger partial charge is 0.394 e. The lowest BCUT2D eigenvalue weighted by Crippen LogP contribution is -2.55. The minimum Gasteiger partial charge on any atom is -0.394 e. The zero-order chi connectivity index (χ0) is 19.7. The number of aromatic nitrogens is 4. The summed E-state index contributed by atoms with van der Waals surface area (Å²) in [6.45, 7) is -0.384. The van der Waals surface area contributed by atoms with E-state index in [1.165, 1.54) is 27.8 Å². The smallest absolute Gasteiger partial charge is 0.136 e. The lowest BCUT2D eigenvalue weighted by molar-refractivity contribution is -0.178. The SMILES string of the molecule is OCC1O[C@H](Sc2cncc(Br)c2)C(O)[C@@H](n2cc(-c3cccs3)nn2)[C@H]1O. The Morgan fingerprint density at radius 3 is 2.86 bits per heavy atom. The maximum atomic E-state index is 10.9. The van der Waals surface area contributed by atoms with Crippen LogP contribution in [0.25, 0.3) is 10.6 Å². The van der Waals surface area contributed by atoms with Gasteiger partial charge in [0.1, 0.15) is 35.5 Å². The van der Waals surface area contributed by atoms with E-state index < -0.39 is 29.8 Å². The molecular formula is C17H17BrN4O4S2. The predicted octanol–water partition coefficient (Wildman–Crippen LogP) is 1.94. The van der Waals surface area contributed by atoms with Crippen LogP contribution in [0.2, 0.25) is 0 Å². The normalized spacial score (nSPS) is 27.8. The third-order valence-corrected chi connectivity index (χ3v) is 6.81. The molecule has 3 aromatic heterocycles. The molecule has 0 amide bonds. The Labute approximate surface area is 177 Å². The molecule has 28 heavy (non-hydrogen) atoms. The Kier molecular flexibility index (Phi) is 6.11. The first kappa shape index (κ1) is 20.0. The molecule has 1 saturated heterocycles. The minimum atomic E-state index is -1.14. The monoisotopic (exact) mass is 484 g/mol. The molecule has 0 aliphatic carbocycles. The van der Waals surface area contributed by atoms with Crippen LogP contribution in [0.4, 0.5) is 0 Å². The number of thioether (sulfide) groups is 1. The number of ether oxygens (including phenoxy) is 1. The van der Waals surface area contributed by atoms with Gasteiger partial charge in [0.15, 0.2) is 0 Å². The van der Waals surface area contributed by atoms with Crippen molar-refractivity contribution in [1.82, 2.24) is 20.0 Å². The predicted molar refractivity (Wildman–Crippen MR) is 108 cm³/mol. The van der Waals surface area contributed by atoms with Crippen molar-refractivity contribution in [3.05, 3.63) is 46.6 Å². The molecule has 5 atom stereocenters. The van der Waals surface area contributed by atoms with Crippen molar-refractivity contribution in [1.29, 1.82) is 0 Å². The summed E-state index contributed by atoms with van der Waals surface area (Å²) in [6, 6.07) is 4.87. The molecule has 0 aromatic carbocycles. The lowest BCUT2D eigenvalue weighted by atomic mass is 9.97. The van der Waals surface area contributed by atoms with E-state index in [9.17, 15) is 15.3 Å². The van der Waals surface area contributed by atoms with Crippen molar-refractivity contribution in [2.75, 3.05) is 6.61 Å². The number of halogens is 1. The molecule has 4 heterocycles. The molecule has 0 spiro atoms. The molecule has 3 N–H and O–H groups in total. The molecule has 1 aliphatic rings. The fourth-order valence-corrected chi connectivity index (χ4v) is 5.30. The Balaban J connectivity index is 1.61. The lowest BCUT2D eigenvalue weighted by Gasteiger charge is -2.41. The molecule has 0 radical (unpaired) electrons. The van der Waals surface area contributed by atoms with Crippen LogP contribution in [0.15, 0.2) is 51.5 Å². The third kappa shape index (κ3) is 4.01. The van der Waals surface area contributed by atoms with Gasteiger partial charge in [-0.25, -0.2) is 4.68 Å². The first-order chi connectivity index (χ1) is 13.6. The molecule has 0 bridgehead atoms. The Morgan fingerprint density at radius 2 is 2.14 bits per heavy atom. The highest BCUT2D eigenvalue weighted by Gasteiger charge is 2.46. The maximum Gasteiger partial charge on any atom is 0.136 e. The van der Waals surface area contributed by atoms with Crippen LogP contribution in [0, 0.1) is 0 Å². The summed E-state index contributed by atoms with van der Waals surface area (Å²) < 4.78 is 7.99. The van der Waals surface area contributed by atoms with Crippen LogP contribution in [0.3, 0.4) is 0 Å². The number of rotatable bonds is 5. The van der Waals surface area contributed by atoms with E-state index >= 15 is 0 Å². The summed E-state index contributed by atoms with van der Waals surface area (Å²) in [5, 5.41) is 41.4. The standard InChI is InChI=1S/C17H17BrN4O4S2/c18-9-4-10(6-19-5-9)28-17-16(25)14(15(24)12(8-23)26-17)22-7-11(20-21-22)13-2-1-3-27-13/h1-7,12,14-17,23-25H,8H2/t12?,14-,15-,16?,17+/m0/s1. The van der Waals surface area contributed by atoms with Gasteiger partial charge >= 0.3 is 0 Å². The number of hydrogen-bond acceptors (Lipinski definition) is 9. The van der Waals surface area contributed by atoms with Gasteiger partial charge in [-0.3, -0.25) is 4.98 Å². The van der Waals surface area contributed by atoms with Crippen molar-refractivity contribution in [3.63, 3.8) is 0 Å². The number of hydrogen-bond donors (Lipinski definition) is 3. The third-order valence-electron chi connectivity index (χ3n) is 4.37. The molecule has 148 valence electrons. The average Bonchev–Trinajstić information content (AvgIpc) is 3.36. The van der Waals surface area contributed by atoms with E-state index in [-0.39, 0.29) is 6.61 Å². The van der Waals surface area contributed by atoms with Gasteiger partial charge in [0, 0.05) is 21.8 Å². The van der Waals surface area contributed by atoms with Gasteiger partial charge in [0.2, 0.25) is 0 Å². The number of aliphatic hydroxyl groups excluding tert-OH is 3. The van der Waals surface area contributed by atoms with Gasteiger partial charge in [0.25, 0.3) is 0 Å². The van der Waals surface area contributed by atoms with Crippen molar-refractivity contribution < 1.29 is 20.1 Å². The number of thiophene rings is 1. The van der Waals surface area contributed by atoms with Crippen molar-refractivity contribution in [2.24, 2.45) is 0 Å². The van der Waals surface area contributed by atoms with Crippen molar-refractivity contribution in [3.8, 4) is 10.6 Å². The highest BCUT2D eigenvalue weighted by atomic mass is 79.9. The van der Waals surface area contributed by atoms with Crippen LogP contribution in [0.5, 0.6) is 0 Å². The van der Waals surface area contributed by atoms with E-state index in [1.54, 1.807) is 18.6 Å². The summed E-state index contributed by atoms with van der Waals surface area (Å²) in [4.78, 5) is 5.83. The molecule has 8 nitrogen and oxygen atoms in total. The molecule has 2 unspecified atom stereocenters. The second-order valence-electron chi connectivity index (χ2n) is 6.22. The highest BCUT2D eigenvalue weighted by Crippen LogP contribution is 2.38. The fourth-order valence-electron chi connectivity index (χ4n) is 3.03. The fraction of sp³-hybridized carbons (Fsp3) is 0.353. The Hall–Kier alpha value is -1.34. The summed E-state index contributed by atoms with van der Waals surface area (Å²) >= 11 is 6.16. The zero-order valence-electron chi connectivity index (χ0n) is 14.4. The number of nitrogens with zero attached hydrogens (tertiary/aromatic N) is 4. The average molecular weight is 485 g/mol. The van der Waals surface area contributed by atoms with E-state index in [0.717, 1.165) is 14.2 Å². The second-order valence-corrected chi connectivity index (χ2v) is 9.25. The van der Waals surface area contributed by atoms with Gasteiger partial charge in [0.05, 0.1) is 17.7 Å². The highest BCUT2D eigenvalue weighted by molar-refractivity contribution is 9.10. The van der Waals surface area contributed by atoms with Crippen LogP contribution in [-0.4, -0.2) is 65.7 Å². The van der Waals surface area contributed by atoms with Crippen LogP contribution in [0.1, 0.15) is 6.04 Å². The maximum absolute atomic E-state index is 10.9. The van der Waals surface area contributed by atoms with Gasteiger partial charge in [-0.05, 0) is 33.4 Å². The molecule has 1 aliphatic heterocycles.